The van der Waals surface area contributed by atoms with E-state index in [4.69, 9.17) is 4.74 Å². The first kappa shape index (κ1) is 18.7. The molecule has 1 N–H and O–H groups in total. The largest absolute Gasteiger partial charge is 0.483 e. The molecule has 0 aliphatic heterocycles. The number of benzene rings is 2. The van der Waals surface area contributed by atoms with Crippen LogP contribution in [-0.2, 0) is 14.8 Å². The molecule has 0 heterocycles. The van der Waals surface area contributed by atoms with E-state index < -0.39 is 15.8 Å². The van der Waals surface area contributed by atoms with E-state index in [9.17, 15) is 17.6 Å². The minimum absolute atomic E-state index is 0.0422. The maximum atomic E-state index is 12.9. The van der Waals surface area contributed by atoms with Gasteiger partial charge < -0.3 is 9.64 Å². The van der Waals surface area contributed by atoms with Gasteiger partial charge >= 0.3 is 0 Å². The van der Waals surface area contributed by atoms with Crippen LogP contribution in [0.5, 0.6) is 5.75 Å². The van der Waals surface area contributed by atoms with E-state index in [1.165, 1.54) is 47.4 Å². The Morgan fingerprint density at radius 1 is 1.16 bits per heavy atom. The summed E-state index contributed by atoms with van der Waals surface area (Å²) in [6.07, 6.45) is 0. The summed E-state index contributed by atoms with van der Waals surface area (Å²) in [5, 5.41) is 0. The third-order valence-corrected chi connectivity index (χ3v) is 4.78. The van der Waals surface area contributed by atoms with E-state index in [-0.39, 0.29) is 23.1 Å². The van der Waals surface area contributed by atoms with Gasteiger partial charge in [0.05, 0.1) is 4.90 Å². The van der Waals surface area contributed by atoms with Crippen molar-refractivity contribution in [1.82, 2.24) is 4.90 Å². The number of carbonyl (C=O) groups excluding carboxylic acids is 1. The van der Waals surface area contributed by atoms with Crippen molar-refractivity contribution in [3.63, 3.8) is 0 Å². The molecule has 0 spiro atoms. The fraction of sp³-hybridized carbons (Fsp3) is 0.235. The second-order valence-corrected chi connectivity index (χ2v) is 7.30. The fourth-order valence-electron chi connectivity index (χ4n) is 1.95. The number of nitrogens with one attached hydrogen (secondary N) is 1. The Labute approximate surface area is 146 Å². The molecule has 0 saturated carbocycles. The Kier molecular flexibility index (Phi) is 5.63. The maximum Gasteiger partial charge on any atom is 0.261 e. The molecule has 6 nitrogen and oxygen atoms in total. The molecule has 0 aliphatic carbocycles. The second kappa shape index (κ2) is 7.52. The van der Waals surface area contributed by atoms with E-state index in [1.807, 2.05) is 0 Å². The van der Waals surface area contributed by atoms with E-state index in [2.05, 4.69) is 4.72 Å². The van der Waals surface area contributed by atoms with Gasteiger partial charge in [-0.05, 0) is 55.0 Å². The van der Waals surface area contributed by atoms with Crippen LogP contribution in [0.3, 0.4) is 0 Å². The van der Waals surface area contributed by atoms with Crippen LogP contribution in [0.1, 0.15) is 5.56 Å². The lowest BCUT2D eigenvalue weighted by atomic mass is 10.2. The SMILES string of the molecule is Cc1cc(S(=O)(=O)Nc2ccc(F)cc2)ccc1OCC(=O)N(C)C. The summed E-state index contributed by atoms with van der Waals surface area (Å²) in [5.74, 6) is -0.224. The first-order chi connectivity index (χ1) is 11.7. The molecule has 0 bridgehead atoms. The van der Waals surface area contributed by atoms with Crippen molar-refractivity contribution in [2.24, 2.45) is 0 Å². The summed E-state index contributed by atoms with van der Waals surface area (Å²) >= 11 is 0. The zero-order chi connectivity index (χ0) is 18.6. The number of hydrogen-bond acceptors (Lipinski definition) is 4. The molecular weight excluding hydrogens is 347 g/mol. The van der Waals surface area contributed by atoms with Crippen molar-refractivity contribution in [1.29, 1.82) is 0 Å². The monoisotopic (exact) mass is 366 g/mol. The van der Waals surface area contributed by atoms with Gasteiger partial charge in [0.25, 0.3) is 15.9 Å². The number of aryl methyl sites for hydroxylation is 1. The van der Waals surface area contributed by atoms with Gasteiger partial charge in [0, 0.05) is 19.8 Å². The van der Waals surface area contributed by atoms with E-state index in [0.29, 0.717) is 11.3 Å². The number of likely N-dealkylation sites (N-methyl/N-ethyl adjacent to an activating group) is 1. The van der Waals surface area contributed by atoms with Crippen LogP contribution in [0.15, 0.2) is 47.4 Å². The summed E-state index contributed by atoms with van der Waals surface area (Å²) in [4.78, 5) is 13.0. The zero-order valence-electron chi connectivity index (χ0n) is 14.1. The molecule has 0 unspecified atom stereocenters. The number of sulfonamides is 1. The predicted octanol–water partition coefficient (Wildman–Crippen LogP) is 2.40. The Morgan fingerprint density at radius 3 is 2.36 bits per heavy atom. The number of anilines is 1. The molecule has 0 aliphatic rings. The van der Waals surface area contributed by atoms with Crippen LogP contribution in [-0.4, -0.2) is 39.9 Å². The Balaban J connectivity index is 2.15. The zero-order valence-corrected chi connectivity index (χ0v) is 14.9. The lowest BCUT2D eigenvalue weighted by Gasteiger charge is -2.14. The van der Waals surface area contributed by atoms with Crippen molar-refractivity contribution in [3.05, 3.63) is 53.8 Å². The molecule has 134 valence electrons. The minimum atomic E-state index is -3.81. The number of hydrogen-bond donors (Lipinski definition) is 1. The molecular formula is C17H19FN2O4S. The van der Waals surface area contributed by atoms with Crippen LogP contribution >= 0.6 is 0 Å². The molecule has 0 fully saturated rings. The van der Waals surface area contributed by atoms with E-state index in [0.717, 1.165) is 0 Å². The van der Waals surface area contributed by atoms with Gasteiger partial charge in [0.2, 0.25) is 0 Å². The first-order valence-corrected chi connectivity index (χ1v) is 8.89. The molecule has 2 rings (SSSR count). The molecule has 0 aromatic heterocycles. The van der Waals surface area contributed by atoms with Gasteiger partial charge in [-0.3, -0.25) is 9.52 Å². The molecule has 2 aromatic carbocycles. The molecule has 0 radical (unpaired) electrons. The minimum Gasteiger partial charge on any atom is -0.483 e. The average Bonchev–Trinajstić information content (AvgIpc) is 2.55. The van der Waals surface area contributed by atoms with Gasteiger partial charge in [-0.2, -0.15) is 0 Å². The number of rotatable bonds is 6. The van der Waals surface area contributed by atoms with Gasteiger partial charge in [-0.25, -0.2) is 12.8 Å². The maximum absolute atomic E-state index is 12.9. The molecule has 0 saturated heterocycles. The highest BCUT2D eigenvalue weighted by atomic mass is 32.2. The lowest BCUT2D eigenvalue weighted by molar-refractivity contribution is -0.130. The fourth-order valence-corrected chi connectivity index (χ4v) is 3.09. The normalized spacial score (nSPS) is 11.0. The van der Waals surface area contributed by atoms with Crippen LogP contribution in [0.25, 0.3) is 0 Å². The van der Waals surface area contributed by atoms with Crippen LogP contribution in [0.4, 0.5) is 10.1 Å². The first-order valence-electron chi connectivity index (χ1n) is 7.41. The van der Waals surface area contributed by atoms with Crippen LogP contribution < -0.4 is 9.46 Å². The highest BCUT2D eigenvalue weighted by molar-refractivity contribution is 7.92. The van der Waals surface area contributed by atoms with E-state index >= 15 is 0 Å². The van der Waals surface area contributed by atoms with Gasteiger partial charge in [0.1, 0.15) is 11.6 Å². The standard InChI is InChI=1S/C17H19FN2O4S/c1-12-10-15(8-9-16(12)24-11-17(21)20(2)3)25(22,23)19-14-6-4-13(18)5-7-14/h4-10,19H,11H2,1-3H3. The van der Waals surface area contributed by atoms with Crippen LogP contribution in [0, 0.1) is 12.7 Å². The van der Waals surface area contributed by atoms with E-state index in [1.54, 1.807) is 21.0 Å². The third kappa shape index (κ3) is 4.93. The van der Waals surface area contributed by atoms with Crippen molar-refractivity contribution < 1.29 is 22.3 Å². The summed E-state index contributed by atoms with van der Waals surface area (Å²) < 4.78 is 45.5. The summed E-state index contributed by atoms with van der Waals surface area (Å²) in [6.45, 7) is 1.56. The Bertz CT molecular complexity index is 865. The van der Waals surface area contributed by atoms with Gasteiger partial charge in [0.15, 0.2) is 6.61 Å². The number of ether oxygens (including phenoxy) is 1. The Hall–Kier alpha value is -2.61. The smallest absolute Gasteiger partial charge is 0.261 e. The average molecular weight is 366 g/mol. The topological polar surface area (TPSA) is 75.7 Å². The molecule has 8 heteroatoms. The number of amides is 1. The third-order valence-electron chi connectivity index (χ3n) is 3.40. The van der Waals surface area contributed by atoms with Gasteiger partial charge in [-0.1, -0.05) is 0 Å². The molecule has 2 aromatic rings. The summed E-state index contributed by atoms with van der Waals surface area (Å²) in [7, 11) is -0.573. The van der Waals surface area contributed by atoms with Crippen molar-refractivity contribution in [2.75, 3.05) is 25.4 Å². The summed E-state index contributed by atoms with van der Waals surface area (Å²) in [6, 6.07) is 9.34. The van der Waals surface area contributed by atoms with Gasteiger partial charge in [-0.15, -0.1) is 0 Å². The Morgan fingerprint density at radius 2 is 1.80 bits per heavy atom. The number of nitrogens with zero attached hydrogens (tertiary/aromatic N) is 1. The highest BCUT2D eigenvalue weighted by Gasteiger charge is 2.16. The number of halogens is 1. The quantitative estimate of drug-likeness (QED) is 0.852. The van der Waals surface area contributed by atoms with Crippen molar-refractivity contribution >= 4 is 21.6 Å². The lowest BCUT2D eigenvalue weighted by Crippen LogP contribution is -2.27. The summed E-state index contributed by atoms with van der Waals surface area (Å²) in [5.41, 5.74) is 0.837. The number of carbonyl (C=O) groups is 1. The second-order valence-electron chi connectivity index (χ2n) is 5.62. The van der Waals surface area contributed by atoms with Crippen molar-refractivity contribution in [3.8, 4) is 5.75 Å². The van der Waals surface area contributed by atoms with Crippen LogP contribution in [0.2, 0.25) is 0 Å². The predicted molar refractivity (Wildman–Crippen MR) is 92.6 cm³/mol. The van der Waals surface area contributed by atoms with Crippen molar-refractivity contribution in [2.45, 2.75) is 11.8 Å². The molecule has 0 atom stereocenters. The highest BCUT2D eigenvalue weighted by Crippen LogP contribution is 2.23. The molecule has 25 heavy (non-hydrogen) atoms. The molecule has 1 amide bonds.